The van der Waals surface area contributed by atoms with Crippen LogP contribution in [0.5, 0.6) is 0 Å². The van der Waals surface area contributed by atoms with E-state index in [0.717, 1.165) is 24.7 Å². The molecule has 0 heterocycles. The molecular formula is C18H20O2. The first-order chi connectivity index (χ1) is 9.88. The Morgan fingerprint density at radius 3 is 2.10 bits per heavy atom. The Kier molecular flexibility index (Phi) is 6.00. The SMILES string of the molecule is O=CC[C@@H](CCc1ccccc1)OCc1ccccc1. The van der Waals surface area contributed by atoms with Gasteiger partial charge in [-0.2, -0.15) is 0 Å². The average Bonchev–Trinajstić information content (AvgIpc) is 2.52. The topological polar surface area (TPSA) is 26.3 Å². The number of hydrogen-bond donors (Lipinski definition) is 0. The lowest BCUT2D eigenvalue weighted by atomic mass is 10.1. The molecule has 2 aromatic rings. The summed E-state index contributed by atoms with van der Waals surface area (Å²) >= 11 is 0. The Hall–Kier alpha value is -1.93. The van der Waals surface area contributed by atoms with Crippen LogP contribution in [0.25, 0.3) is 0 Å². The van der Waals surface area contributed by atoms with Gasteiger partial charge >= 0.3 is 0 Å². The van der Waals surface area contributed by atoms with Crippen molar-refractivity contribution in [2.75, 3.05) is 0 Å². The third-order valence-electron chi connectivity index (χ3n) is 3.29. The fourth-order valence-electron chi connectivity index (χ4n) is 2.14. The first-order valence-corrected chi connectivity index (χ1v) is 7.01. The van der Waals surface area contributed by atoms with Crippen LogP contribution in [-0.2, 0) is 22.6 Å². The molecule has 0 fully saturated rings. The van der Waals surface area contributed by atoms with Crippen molar-refractivity contribution < 1.29 is 9.53 Å². The predicted molar refractivity (Wildman–Crippen MR) is 80.5 cm³/mol. The van der Waals surface area contributed by atoms with Crippen molar-refractivity contribution in [3.8, 4) is 0 Å². The first-order valence-electron chi connectivity index (χ1n) is 7.01. The minimum atomic E-state index is -0.00656. The molecular weight excluding hydrogens is 248 g/mol. The molecule has 20 heavy (non-hydrogen) atoms. The highest BCUT2D eigenvalue weighted by atomic mass is 16.5. The average molecular weight is 268 g/mol. The molecule has 0 saturated heterocycles. The largest absolute Gasteiger partial charge is 0.373 e. The van der Waals surface area contributed by atoms with Crippen LogP contribution in [-0.4, -0.2) is 12.4 Å². The molecule has 0 aliphatic heterocycles. The van der Waals surface area contributed by atoms with Crippen LogP contribution in [0.1, 0.15) is 24.0 Å². The van der Waals surface area contributed by atoms with Crippen LogP contribution in [0, 0.1) is 0 Å². The fourth-order valence-corrected chi connectivity index (χ4v) is 2.14. The Morgan fingerprint density at radius 2 is 1.50 bits per heavy atom. The normalized spacial score (nSPS) is 12.0. The van der Waals surface area contributed by atoms with Gasteiger partial charge in [-0.3, -0.25) is 0 Å². The van der Waals surface area contributed by atoms with Crippen LogP contribution in [0.4, 0.5) is 0 Å². The summed E-state index contributed by atoms with van der Waals surface area (Å²) in [7, 11) is 0. The quantitative estimate of drug-likeness (QED) is 0.681. The summed E-state index contributed by atoms with van der Waals surface area (Å²) in [5, 5.41) is 0. The Balaban J connectivity index is 1.82. The summed E-state index contributed by atoms with van der Waals surface area (Å²) < 4.78 is 5.86. The van der Waals surface area contributed by atoms with Gasteiger partial charge in [0.25, 0.3) is 0 Å². The maximum atomic E-state index is 10.8. The molecule has 2 aromatic carbocycles. The molecule has 0 aromatic heterocycles. The molecule has 0 spiro atoms. The molecule has 0 aliphatic rings. The minimum Gasteiger partial charge on any atom is -0.373 e. The molecule has 0 unspecified atom stereocenters. The van der Waals surface area contributed by atoms with Gasteiger partial charge in [0.2, 0.25) is 0 Å². The number of hydrogen-bond acceptors (Lipinski definition) is 2. The minimum absolute atomic E-state index is 0.00656. The maximum absolute atomic E-state index is 10.8. The highest BCUT2D eigenvalue weighted by Crippen LogP contribution is 2.12. The number of carbonyl (C=O) groups is 1. The zero-order valence-corrected chi connectivity index (χ0v) is 11.6. The van der Waals surface area contributed by atoms with E-state index in [9.17, 15) is 4.79 Å². The second-order valence-electron chi connectivity index (χ2n) is 4.85. The zero-order chi connectivity index (χ0) is 14.0. The first kappa shape index (κ1) is 14.5. The molecule has 2 nitrogen and oxygen atoms in total. The lowest BCUT2D eigenvalue weighted by Gasteiger charge is -2.15. The molecule has 0 bridgehead atoms. The van der Waals surface area contributed by atoms with Crippen molar-refractivity contribution in [3.63, 3.8) is 0 Å². The third-order valence-corrected chi connectivity index (χ3v) is 3.29. The second kappa shape index (κ2) is 8.28. The van der Waals surface area contributed by atoms with E-state index in [1.807, 2.05) is 48.5 Å². The van der Waals surface area contributed by atoms with E-state index in [1.54, 1.807) is 0 Å². The van der Waals surface area contributed by atoms with Gasteiger partial charge in [0, 0.05) is 6.42 Å². The van der Waals surface area contributed by atoms with Crippen molar-refractivity contribution in [1.82, 2.24) is 0 Å². The molecule has 0 N–H and O–H groups in total. The second-order valence-corrected chi connectivity index (χ2v) is 4.85. The highest BCUT2D eigenvalue weighted by molar-refractivity contribution is 5.50. The van der Waals surface area contributed by atoms with Crippen molar-refractivity contribution in [3.05, 3.63) is 71.8 Å². The number of carbonyl (C=O) groups excluding carboxylic acids is 1. The standard InChI is InChI=1S/C18H20O2/c19-14-13-18(12-11-16-7-3-1-4-8-16)20-15-17-9-5-2-6-10-17/h1-10,14,18H,11-13,15H2/t18-/m1/s1. The van der Waals surface area contributed by atoms with Gasteiger partial charge in [0.15, 0.2) is 0 Å². The van der Waals surface area contributed by atoms with Gasteiger partial charge in [-0.1, -0.05) is 60.7 Å². The van der Waals surface area contributed by atoms with Crippen molar-refractivity contribution in [2.24, 2.45) is 0 Å². The molecule has 0 radical (unpaired) electrons. The highest BCUT2D eigenvalue weighted by Gasteiger charge is 2.09. The van der Waals surface area contributed by atoms with E-state index in [-0.39, 0.29) is 6.10 Å². The van der Waals surface area contributed by atoms with Crippen LogP contribution < -0.4 is 0 Å². The van der Waals surface area contributed by atoms with E-state index < -0.39 is 0 Å². The van der Waals surface area contributed by atoms with E-state index >= 15 is 0 Å². The van der Waals surface area contributed by atoms with Crippen LogP contribution in [0.15, 0.2) is 60.7 Å². The Bertz CT molecular complexity index is 450. The van der Waals surface area contributed by atoms with E-state index in [1.165, 1.54) is 5.56 Å². The van der Waals surface area contributed by atoms with Gasteiger partial charge in [-0.05, 0) is 24.0 Å². The Labute approximate surface area is 120 Å². The fraction of sp³-hybridized carbons (Fsp3) is 0.278. The predicted octanol–water partition coefficient (Wildman–Crippen LogP) is 3.79. The number of benzene rings is 2. The number of rotatable bonds is 8. The summed E-state index contributed by atoms with van der Waals surface area (Å²) in [6.45, 7) is 0.564. The van der Waals surface area contributed by atoms with Gasteiger partial charge in [0.05, 0.1) is 12.7 Å². The van der Waals surface area contributed by atoms with Gasteiger partial charge < -0.3 is 9.53 Å². The summed E-state index contributed by atoms with van der Waals surface area (Å²) in [5.41, 5.74) is 2.43. The summed E-state index contributed by atoms with van der Waals surface area (Å²) in [6, 6.07) is 20.4. The number of aryl methyl sites for hydroxylation is 1. The number of ether oxygens (including phenoxy) is 1. The summed E-state index contributed by atoms with van der Waals surface area (Å²) in [4.78, 5) is 10.8. The van der Waals surface area contributed by atoms with Gasteiger partial charge in [0.1, 0.15) is 6.29 Å². The molecule has 0 saturated carbocycles. The molecule has 0 amide bonds. The van der Waals surface area contributed by atoms with E-state index in [4.69, 9.17) is 4.74 Å². The van der Waals surface area contributed by atoms with Crippen LogP contribution in [0.3, 0.4) is 0 Å². The molecule has 0 aliphatic carbocycles. The summed E-state index contributed by atoms with van der Waals surface area (Å²) in [5.74, 6) is 0. The third kappa shape index (κ3) is 4.98. The lowest BCUT2D eigenvalue weighted by Crippen LogP contribution is -2.14. The van der Waals surface area contributed by atoms with Crippen molar-refractivity contribution >= 4 is 6.29 Å². The molecule has 2 rings (SSSR count). The summed E-state index contributed by atoms with van der Waals surface area (Å²) in [6.07, 6.45) is 3.21. The van der Waals surface area contributed by atoms with Crippen molar-refractivity contribution in [2.45, 2.75) is 32.0 Å². The van der Waals surface area contributed by atoms with Crippen LogP contribution >= 0.6 is 0 Å². The zero-order valence-electron chi connectivity index (χ0n) is 11.6. The smallest absolute Gasteiger partial charge is 0.122 e. The lowest BCUT2D eigenvalue weighted by molar-refractivity contribution is -0.110. The van der Waals surface area contributed by atoms with Crippen LogP contribution in [0.2, 0.25) is 0 Å². The Morgan fingerprint density at radius 1 is 0.900 bits per heavy atom. The maximum Gasteiger partial charge on any atom is 0.122 e. The molecule has 2 heteroatoms. The molecule has 104 valence electrons. The monoisotopic (exact) mass is 268 g/mol. The van der Waals surface area contributed by atoms with E-state index in [2.05, 4.69) is 12.1 Å². The molecule has 1 atom stereocenters. The van der Waals surface area contributed by atoms with Crippen molar-refractivity contribution in [1.29, 1.82) is 0 Å². The van der Waals surface area contributed by atoms with Gasteiger partial charge in [-0.25, -0.2) is 0 Å². The number of aldehydes is 1. The van der Waals surface area contributed by atoms with E-state index in [0.29, 0.717) is 13.0 Å². The van der Waals surface area contributed by atoms with Gasteiger partial charge in [-0.15, -0.1) is 0 Å².